The van der Waals surface area contributed by atoms with E-state index in [4.69, 9.17) is 14.2 Å². The predicted molar refractivity (Wildman–Crippen MR) is 247 cm³/mol. The van der Waals surface area contributed by atoms with Crippen LogP contribution in [0.4, 0.5) is 0 Å². The van der Waals surface area contributed by atoms with Crippen LogP contribution in [0, 0.1) is 0 Å². The highest BCUT2D eigenvalue weighted by atomic mass is 16.6. The Morgan fingerprint density at radius 1 is 0.379 bits per heavy atom. The Bertz CT molecular complexity index is 1240. The van der Waals surface area contributed by atoms with Gasteiger partial charge in [0, 0.05) is 19.3 Å². The summed E-state index contributed by atoms with van der Waals surface area (Å²) in [4.78, 5) is 37.7. The molecule has 326 valence electrons. The molecule has 0 aromatic carbocycles. The maximum Gasteiger partial charge on any atom is 0.306 e. The van der Waals surface area contributed by atoms with Crippen LogP contribution in [0.1, 0.15) is 181 Å². The van der Waals surface area contributed by atoms with Crippen LogP contribution in [0.3, 0.4) is 0 Å². The van der Waals surface area contributed by atoms with Crippen LogP contribution in [0.25, 0.3) is 0 Å². The third-order valence-electron chi connectivity index (χ3n) is 9.13. The molecule has 0 aliphatic carbocycles. The summed E-state index contributed by atoms with van der Waals surface area (Å²) in [5.74, 6) is -1.06. The van der Waals surface area contributed by atoms with Gasteiger partial charge in [0.2, 0.25) is 0 Å². The monoisotopic (exact) mass is 803 g/mol. The summed E-state index contributed by atoms with van der Waals surface area (Å²) < 4.78 is 16.6. The van der Waals surface area contributed by atoms with E-state index in [2.05, 4.69) is 75.5 Å². The van der Waals surface area contributed by atoms with Crippen LogP contribution < -0.4 is 0 Å². The molecule has 0 rings (SSSR count). The molecule has 0 radical (unpaired) electrons. The zero-order chi connectivity index (χ0) is 42.3. The Hall–Kier alpha value is -3.93. The molecule has 0 saturated carbocycles. The van der Waals surface area contributed by atoms with Gasteiger partial charge < -0.3 is 14.2 Å². The van der Waals surface area contributed by atoms with Gasteiger partial charge >= 0.3 is 17.9 Å². The molecule has 1 unspecified atom stereocenters. The largest absolute Gasteiger partial charge is 0.462 e. The van der Waals surface area contributed by atoms with Gasteiger partial charge in [0.1, 0.15) is 13.2 Å². The molecule has 6 nitrogen and oxygen atoms in total. The molecule has 0 aliphatic heterocycles. The van der Waals surface area contributed by atoms with Crippen LogP contribution in [0.15, 0.2) is 109 Å². The Balaban J connectivity index is 4.58. The predicted octanol–water partition coefficient (Wildman–Crippen LogP) is 14.8. The fourth-order valence-electron chi connectivity index (χ4n) is 5.73. The second-order valence-corrected chi connectivity index (χ2v) is 14.7. The minimum Gasteiger partial charge on any atom is -0.462 e. The van der Waals surface area contributed by atoms with Gasteiger partial charge in [0.15, 0.2) is 6.10 Å². The van der Waals surface area contributed by atoms with E-state index < -0.39 is 12.1 Å². The fraction of sp³-hybridized carbons (Fsp3) is 0.596. The smallest absolute Gasteiger partial charge is 0.306 e. The van der Waals surface area contributed by atoms with Crippen molar-refractivity contribution in [2.45, 2.75) is 187 Å². The second kappa shape index (κ2) is 45.8. The third kappa shape index (κ3) is 43.2. The van der Waals surface area contributed by atoms with E-state index >= 15 is 0 Å². The van der Waals surface area contributed by atoms with Gasteiger partial charge in [0.05, 0.1) is 0 Å². The van der Waals surface area contributed by atoms with Crippen molar-refractivity contribution < 1.29 is 28.6 Å². The maximum atomic E-state index is 12.7. The minimum atomic E-state index is -0.832. The van der Waals surface area contributed by atoms with Crippen molar-refractivity contribution in [2.75, 3.05) is 13.2 Å². The van der Waals surface area contributed by atoms with Gasteiger partial charge in [-0.1, -0.05) is 188 Å². The number of hydrogen-bond donors (Lipinski definition) is 0. The zero-order valence-electron chi connectivity index (χ0n) is 37.0. The van der Waals surface area contributed by atoms with Crippen molar-refractivity contribution >= 4 is 17.9 Å². The number of carbonyl (C=O) groups is 3. The highest BCUT2D eigenvalue weighted by molar-refractivity contribution is 5.71. The van der Waals surface area contributed by atoms with Gasteiger partial charge in [-0.3, -0.25) is 14.4 Å². The van der Waals surface area contributed by atoms with E-state index in [0.29, 0.717) is 19.3 Å². The number of esters is 3. The van der Waals surface area contributed by atoms with E-state index in [0.717, 1.165) is 96.3 Å². The average molecular weight is 803 g/mol. The molecular weight excluding hydrogens is 721 g/mol. The highest BCUT2D eigenvalue weighted by Gasteiger charge is 2.19. The lowest BCUT2D eigenvalue weighted by molar-refractivity contribution is -0.166. The van der Waals surface area contributed by atoms with Gasteiger partial charge in [0.25, 0.3) is 0 Å². The van der Waals surface area contributed by atoms with E-state index in [1.165, 1.54) is 38.5 Å². The summed E-state index contributed by atoms with van der Waals surface area (Å²) >= 11 is 0. The first-order chi connectivity index (χ1) is 28.5. The molecule has 0 spiro atoms. The first kappa shape index (κ1) is 54.1. The standard InChI is InChI=1S/C52H82O6/c1-4-7-10-13-16-19-22-25-26-28-30-33-36-39-42-45-51(54)57-48-49(47-56-50(53)44-41-38-35-32-29-24-21-18-15-12-9-6-3)58-52(55)46-43-40-37-34-31-27-23-20-17-14-11-8-5-2/h7,9-10,12-13,16,18-19,21-22,25-28,30-31,37,40,49H,4-6,8,11,14-15,17,20,23-24,29,32-36,38-39,41-48H2,1-3H3/b10-7-,12-9-,16-13-,21-18-,22-19-,26-25-,30-28-,31-27-,40-37-. The molecule has 0 aliphatic rings. The summed E-state index contributed by atoms with van der Waals surface area (Å²) in [6.07, 6.45) is 60.8. The zero-order valence-corrected chi connectivity index (χ0v) is 37.0. The van der Waals surface area contributed by atoms with Crippen LogP contribution in [0.2, 0.25) is 0 Å². The number of carbonyl (C=O) groups excluding carboxylic acids is 3. The van der Waals surface area contributed by atoms with Crippen molar-refractivity contribution in [3.05, 3.63) is 109 Å². The number of ether oxygens (including phenoxy) is 3. The van der Waals surface area contributed by atoms with Gasteiger partial charge in [-0.2, -0.15) is 0 Å². The Morgan fingerprint density at radius 2 is 0.793 bits per heavy atom. The molecule has 0 amide bonds. The summed E-state index contributed by atoms with van der Waals surface area (Å²) in [7, 11) is 0. The number of allylic oxidation sites excluding steroid dienone is 18. The lowest BCUT2D eigenvalue weighted by Gasteiger charge is -2.18. The molecule has 0 bridgehead atoms. The topological polar surface area (TPSA) is 78.9 Å². The molecule has 0 saturated heterocycles. The van der Waals surface area contributed by atoms with Gasteiger partial charge in [-0.25, -0.2) is 0 Å². The van der Waals surface area contributed by atoms with E-state index in [1.54, 1.807) is 0 Å². The first-order valence-electron chi connectivity index (χ1n) is 23.0. The second-order valence-electron chi connectivity index (χ2n) is 14.7. The van der Waals surface area contributed by atoms with E-state index in [9.17, 15) is 14.4 Å². The molecule has 0 aromatic heterocycles. The Morgan fingerprint density at radius 3 is 1.33 bits per heavy atom. The first-order valence-corrected chi connectivity index (χ1v) is 23.0. The van der Waals surface area contributed by atoms with Crippen molar-refractivity contribution in [2.24, 2.45) is 0 Å². The van der Waals surface area contributed by atoms with Gasteiger partial charge in [-0.05, 0) is 83.5 Å². The molecule has 58 heavy (non-hydrogen) atoms. The molecule has 0 aromatic rings. The molecule has 0 heterocycles. The Labute approximate surface area is 355 Å². The van der Waals surface area contributed by atoms with Crippen LogP contribution in [0.5, 0.6) is 0 Å². The van der Waals surface area contributed by atoms with Crippen molar-refractivity contribution in [1.82, 2.24) is 0 Å². The maximum absolute atomic E-state index is 12.7. The van der Waals surface area contributed by atoms with Gasteiger partial charge in [-0.15, -0.1) is 0 Å². The molecule has 6 heteroatoms. The summed E-state index contributed by atoms with van der Waals surface area (Å²) in [6.45, 7) is 6.24. The third-order valence-corrected chi connectivity index (χ3v) is 9.13. The van der Waals surface area contributed by atoms with Crippen molar-refractivity contribution in [3.63, 3.8) is 0 Å². The number of hydrogen-bond acceptors (Lipinski definition) is 6. The van der Waals surface area contributed by atoms with Crippen molar-refractivity contribution in [3.8, 4) is 0 Å². The molecular formula is C52H82O6. The van der Waals surface area contributed by atoms with Crippen molar-refractivity contribution in [1.29, 1.82) is 0 Å². The SMILES string of the molecule is CC\C=C/C=C\C=C/C=C\C=C/CCCCCC(=O)OCC(COC(=O)CCCCCCC/C=C\C/C=C\CC)OC(=O)CC/C=C\C/C=C\CCCCCCCC. The molecule has 0 fully saturated rings. The Kier molecular flexibility index (Phi) is 42.7. The highest BCUT2D eigenvalue weighted by Crippen LogP contribution is 2.11. The van der Waals surface area contributed by atoms with E-state index in [1.807, 2.05) is 54.7 Å². The fourth-order valence-corrected chi connectivity index (χ4v) is 5.73. The normalized spacial score (nSPS) is 13.1. The average Bonchev–Trinajstić information content (AvgIpc) is 3.22. The van der Waals surface area contributed by atoms with Crippen LogP contribution in [-0.4, -0.2) is 37.2 Å². The van der Waals surface area contributed by atoms with E-state index in [-0.39, 0.29) is 31.6 Å². The molecule has 1 atom stereocenters. The lowest BCUT2D eigenvalue weighted by atomic mass is 10.1. The van der Waals surface area contributed by atoms with Crippen LogP contribution in [-0.2, 0) is 28.6 Å². The number of unbranched alkanes of at least 4 members (excludes halogenated alkanes) is 14. The quantitative estimate of drug-likeness (QED) is 0.0202. The summed E-state index contributed by atoms with van der Waals surface area (Å²) in [5.41, 5.74) is 0. The summed E-state index contributed by atoms with van der Waals surface area (Å²) in [5, 5.41) is 0. The number of rotatable bonds is 39. The van der Waals surface area contributed by atoms with Crippen LogP contribution >= 0.6 is 0 Å². The lowest BCUT2D eigenvalue weighted by Crippen LogP contribution is -2.30. The summed E-state index contributed by atoms with van der Waals surface area (Å²) in [6, 6.07) is 0. The minimum absolute atomic E-state index is 0.125. The molecule has 0 N–H and O–H groups in total.